The molecule has 1 unspecified atom stereocenters. The van der Waals surface area contributed by atoms with E-state index >= 15 is 0 Å². The maximum Gasteiger partial charge on any atom is 0 e. The minimum atomic E-state index is -0.399. The van der Waals surface area contributed by atoms with E-state index in [1.54, 1.807) is 12.8 Å². The summed E-state index contributed by atoms with van der Waals surface area (Å²) in [5.41, 5.74) is -0.399. The van der Waals surface area contributed by atoms with Crippen LogP contribution in [0, 0.1) is 122 Å². The Kier molecular flexibility index (Phi) is 51.1. The standard InChI is InChI=1S/C11H10O.C5H5.5CO.2Fe/c1-11-8-4-6-9(11)5-2-3-7-10(11)12;1-2-4-5-3-1;5*1-2;;/h2-8H,1H3;1-5H;;;;;;;. The van der Waals surface area contributed by atoms with Crippen molar-refractivity contribution in [2.24, 2.45) is 5.41 Å². The van der Waals surface area contributed by atoms with Crippen LogP contribution in [0.3, 0.4) is 0 Å². The van der Waals surface area contributed by atoms with E-state index in [1.807, 2.05) is 71.1 Å². The van der Waals surface area contributed by atoms with E-state index in [-0.39, 0.29) is 39.9 Å². The van der Waals surface area contributed by atoms with Crippen molar-refractivity contribution < 1.29 is 62.2 Å². The smallest absolute Gasteiger partial charge is 0 e. The number of fused-ring (bicyclic) bond motifs is 1. The van der Waals surface area contributed by atoms with Crippen LogP contribution in [0.1, 0.15) is 6.92 Å². The summed E-state index contributed by atoms with van der Waals surface area (Å²) in [5, 5.41) is 0. The van der Waals surface area contributed by atoms with Crippen LogP contribution in [-0.4, -0.2) is 5.78 Å². The Balaban J connectivity index is -0.0000000666. The third kappa shape index (κ3) is 19.1. The van der Waals surface area contributed by atoms with Crippen LogP contribution in [-0.2, 0) is 62.2 Å². The average molecular weight is 475 g/mol. The number of ketones is 1. The molecule has 3 fully saturated rings. The summed E-state index contributed by atoms with van der Waals surface area (Å²) < 4.78 is 37.5. The first-order valence-electron chi connectivity index (χ1n) is 6.71. The number of rotatable bonds is 0. The van der Waals surface area contributed by atoms with E-state index in [1.165, 1.54) is 0 Å². The van der Waals surface area contributed by atoms with Crippen LogP contribution in [0.25, 0.3) is 0 Å². The quantitative estimate of drug-likeness (QED) is 0.299. The fourth-order valence-electron chi connectivity index (χ4n) is 1.86. The fraction of sp³-hybridized carbons (Fsp3) is 0.0952. The molecule has 3 aliphatic rings. The van der Waals surface area contributed by atoms with Crippen molar-refractivity contribution in [3.63, 3.8) is 0 Å². The first-order valence-corrected chi connectivity index (χ1v) is 6.71. The van der Waals surface area contributed by atoms with E-state index in [0.29, 0.717) is 0 Å². The molecule has 1 atom stereocenters. The molecule has 0 saturated heterocycles. The van der Waals surface area contributed by atoms with Crippen LogP contribution < -0.4 is 0 Å². The van der Waals surface area contributed by atoms with Crippen LogP contribution in [0.2, 0.25) is 0 Å². The van der Waals surface area contributed by atoms with Gasteiger partial charge in [-0.3, -0.25) is 4.79 Å². The van der Waals surface area contributed by atoms with E-state index in [4.69, 9.17) is 23.3 Å². The van der Waals surface area contributed by atoms with Crippen molar-refractivity contribution in [2.75, 3.05) is 0 Å². The zero-order valence-electron chi connectivity index (χ0n) is 15.1. The Morgan fingerprint density at radius 2 is 0.897 bits per heavy atom. The molecule has 0 aromatic rings. The van der Waals surface area contributed by atoms with Crippen molar-refractivity contribution in [1.82, 2.24) is 0 Å². The summed E-state index contributed by atoms with van der Waals surface area (Å²) in [6.45, 7) is 24.4. The Hall–Kier alpha value is -0.591. The second-order valence-corrected chi connectivity index (χ2v) is 4.23. The van der Waals surface area contributed by atoms with E-state index in [0.717, 1.165) is 5.92 Å². The first-order chi connectivity index (χ1) is 13.2. The third-order valence-corrected chi connectivity index (χ3v) is 3.01. The van der Waals surface area contributed by atoms with Gasteiger partial charge >= 0.3 is 56.5 Å². The van der Waals surface area contributed by atoms with Crippen LogP contribution >= 0.6 is 0 Å². The molecule has 3 aliphatic carbocycles. The molecule has 151 valence electrons. The maximum absolute atomic E-state index is 11.6. The van der Waals surface area contributed by atoms with Gasteiger partial charge < -0.3 is 0 Å². The van der Waals surface area contributed by atoms with Gasteiger partial charge in [0.05, 0.1) is 0 Å². The van der Waals surface area contributed by atoms with Gasteiger partial charge in [-0.15, -0.1) is 0 Å². The van der Waals surface area contributed by atoms with Crippen molar-refractivity contribution >= 4 is 5.78 Å². The molecule has 0 spiro atoms. The largest absolute Gasteiger partial charge is 0.0312 e. The number of Topliss-reactive ketones (excluding diaryl/α,β-unsaturated/α-hetero) is 1. The zero-order chi connectivity index (χ0) is 22.1. The topological polar surface area (TPSA) is 117 Å². The van der Waals surface area contributed by atoms with Gasteiger partial charge in [0.1, 0.15) is 5.78 Å². The number of hydrogen-bond donors (Lipinski definition) is 0. The summed E-state index contributed by atoms with van der Waals surface area (Å²) in [5.74, 6) is 1.24. The fourth-order valence-corrected chi connectivity index (χ4v) is 1.86. The third-order valence-electron chi connectivity index (χ3n) is 3.01. The van der Waals surface area contributed by atoms with Crippen LogP contribution in [0.15, 0.2) is 0 Å². The molecule has 3 rings (SSSR count). The molecule has 0 aromatic heterocycles. The number of carbonyl (C=O) groups excluding carboxylic acids is 1. The predicted octanol–water partition coefficient (Wildman–Crippen LogP) is 2.42. The summed E-state index contributed by atoms with van der Waals surface area (Å²) in [6.07, 6.45) is 23.2. The van der Waals surface area contributed by atoms with Gasteiger partial charge in [-0.05, 0) is 76.5 Å². The van der Waals surface area contributed by atoms with Gasteiger partial charge in [0, 0.05) is 46.0 Å². The molecule has 6 nitrogen and oxygen atoms in total. The van der Waals surface area contributed by atoms with Crippen molar-refractivity contribution in [3.05, 3.63) is 116 Å². The molecule has 0 bridgehead atoms. The molecular formula is C21H15Fe2O6. The molecular weight excluding hydrogens is 460 g/mol. The molecule has 29 heavy (non-hydrogen) atoms. The molecule has 0 heterocycles. The minimum absolute atomic E-state index is 0. The van der Waals surface area contributed by atoms with E-state index < -0.39 is 5.41 Å². The zero-order valence-corrected chi connectivity index (χ0v) is 17.3. The Morgan fingerprint density at radius 3 is 1.28 bits per heavy atom. The number of hydrogen-bond acceptors (Lipinski definition) is 1. The molecule has 0 amide bonds. The summed E-state index contributed by atoms with van der Waals surface area (Å²) in [7, 11) is 0. The molecule has 0 aliphatic heterocycles. The molecule has 0 N–H and O–H groups in total. The summed E-state index contributed by atoms with van der Waals surface area (Å²) in [6, 6.07) is 0. The maximum atomic E-state index is 11.6. The first kappa shape index (κ1) is 42.5. The molecule has 8 heteroatoms. The van der Waals surface area contributed by atoms with E-state index in [9.17, 15) is 4.79 Å². The molecule has 13 radical (unpaired) electrons. The van der Waals surface area contributed by atoms with E-state index in [2.05, 4.69) is 33.3 Å². The van der Waals surface area contributed by atoms with Crippen molar-refractivity contribution in [3.8, 4) is 0 Å². The van der Waals surface area contributed by atoms with Gasteiger partial charge in [0.25, 0.3) is 0 Å². The van der Waals surface area contributed by atoms with Gasteiger partial charge in [-0.2, -0.15) is 0 Å². The van der Waals surface area contributed by atoms with Gasteiger partial charge in [0.2, 0.25) is 0 Å². The summed E-state index contributed by atoms with van der Waals surface area (Å²) in [4.78, 5) is 11.6. The number of carbonyl (C=O) groups is 1. The van der Waals surface area contributed by atoms with Gasteiger partial charge in [0.15, 0.2) is 0 Å². The molecule has 3 saturated carbocycles. The second-order valence-electron chi connectivity index (χ2n) is 4.23. The van der Waals surface area contributed by atoms with Gasteiger partial charge in [-0.25, -0.2) is 0 Å². The van der Waals surface area contributed by atoms with Crippen molar-refractivity contribution in [2.45, 2.75) is 6.92 Å². The average Bonchev–Trinajstić information content (AvgIpc) is 3.45. The minimum Gasteiger partial charge on any atom is -0.0312 e. The van der Waals surface area contributed by atoms with Crippen LogP contribution in [0.4, 0.5) is 0 Å². The molecule has 0 aromatic carbocycles. The normalized spacial score (nSPS) is 20.2. The predicted molar refractivity (Wildman–Crippen MR) is 87.6 cm³/mol. The van der Waals surface area contributed by atoms with Crippen LogP contribution in [0.5, 0.6) is 0 Å². The Bertz CT molecular complexity index is 410. The summed E-state index contributed by atoms with van der Waals surface area (Å²) >= 11 is 0. The Morgan fingerprint density at radius 1 is 0.586 bits per heavy atom. The van der Waals surface area contributed by atoms with Crippen molar-refractivity contribution in [1.29, 1.82) is 0 Å². The SMILES string of the molecule is CC12[CH][CH][CH][C]1[CH][CH][CH][CH]C2=O.[C-]#[O+].[C-]#[O+].[C-]#[O+].[C-]#[O+].[C-]#[O+].[CH]1[CH][CH][CH][CH]1.[Fe].[Fe]. The second kappa shape index (κ2) is 34.9. The monoisotopic (exact) mass is 475 g/mol. The van der Waals surface area contributed by atoms with Gasteiger partial charge in [-0.1, -0.05) is 6.92 Å². The Labute approximate surface area is 196 Å².